The Labute approximate surface area is 124 Å². The summed E-state index contributed by atoms with van der Waals surface area (Å²) in [4.78, 5) is 8.95. The van der Waals surface area contributed by atoms with Crippen LogP contribution in [0.2, 0.25) is 0 Å². The first-order valence-corrected chi connectivity index (χ1v) is 7.45. The lowest BCUT2D eigenvalue weighted by molar-refractivity contribution is 0.583. The van der Waals surface area contributed by atoms with E-state index in [1.54, 1.807) is 0 Å². The number of benzene rings is 1. The lowest BCUT2D eigenvalue weighted by Crippen LogP contribution is -2.18. The highest BCUT2D eigenvalue weighted by atomic mass is 14.9. The van der Waals surface area contributed by atoms with E-state index < -0.39 is 0 Å². The minimum atomic E-state index is 0.309. The van der Waals surface area contributed by atoms with Gasteiger partial charge in [0.2, 0.25) is 0 Å². The molecule has 1 N–H and O–H groups in total. The Balaban J connectivity index is 1.66. The summed E-state index contributed by atoms with van der Waals surface area (Å²) in [5.41, 5.74) is 4.75. The maximum absolute atomic E-state index is 4.58. The summed E-state index contributed by atoms with van der Waals surface area (Å²) >= 11 is 0. The summed E-state index contributed by atoms with van der Waals surface area (Å²) in [6.07, 6.45) is 7.21. The van der Waals surface area contributed by atoms with E-state index in [2.05, 4.69) is 45.6 Å². The van der Waals surface area contributed by atoms with Crippen molar-refractivity contribution in [2.75, 3.05) is 5.32 Å². The van der Waals surface area contributed by atoms with Crippen molar-refractivity contribution in [3.8, 4) is 0 Å². The van der Waals surface area contributed by atoms with Crippen LogP contribution in [-0.2, 0) is 6.42 Å². The van der Waals surface area contributed by atoms with E-state index in [9.17, 15) is 0 Å². The molecule has 1 unspecified atom stereocenters. The number of aryl methyl sites for hydroxylation is 1. The number of hydrogen-bond donors (Lipinski definition) is 1. The number of nitrogens with one attached hydrogen (secondary N) is 1. The number of nitrogens with zero attached hydrogens (tertiary/aromatic N) is 2. The van der Waals surface area contributed by atoms with Crippen LogP contribution in [0.25, 0.3) is 10.9 Å². The van der Waals surface area contributed by atoms with Crippen LogP contribution in [0.4, 0.5) is 5.69 Å². The molecule has 0 saturated carbocycles. The first-order valence-electron chi connectivity index (χ1n) is 7.45. The van der Waals surface area contributed by atoms with Crippen LogP contribution in [0.3, 0.4) is 0 Å². The monoisotopic (exact) mass is 275 g/mol. The van der Waals surface area contributed by atoms with Gasteiger partial charge in [0.1, 0.15) is 0 Å². The fourth-order valence-electron chi connectivity index (χ4n) is 3.12. The number of fused-ring (bicyclic) bond motifs is 2. The second-order valence-electron chi connectivity index (χ2n) is 5.55. The molecule has 0 amide bonds. The van der Waals surface area contributed by atoms with Gasteiger partial charge in [-0.15, -0.1) is 0 Å². The van der Waals surface area contributed by atoms with Crippen LogP contribution < -0.4 is 5.32 Å². The normalized spacial score (nSPS) is 17.4. The van der Waals surface area contributed by atoms with Gasteiger partial charge in [0.15, 0.2) is 0 Å². The predicted molar refractivity (Wildman–Crippen MR) is 85.3 cm³/mol. The Kier molecular flexibility index (Phi) is 3.03. The Morgan fingerprint density at radius 1 is 1.00 bits per heavy atom. The molecular formula is C18H17N3. The standard InChI is InChI=1S/C18H17N3/c1-4-13-5-2-11-20-18(13)17(7-1)21-15-8-9-16-14(12-15)6-3-10-19-16/h2-3,5-6,8-12,17,21H,1,4,7H2. The lowest BCUT2D eigenvalue weighted by Gasteiger charge is -2.26. The Hall–Kier alpha value is -2.42. The summed E-state index contributed by atoms with van der Waals surface area (Å²) in [5, 5.41) is 4.81. The topological polar surface area (TPSA) is 37.8 Å². The van der Waals surface area contributed by atoms with E-state index in [1.807, 2.05) is 24.5 Å². The van der Waals surface area contributed by atoms with E-state index >= 15 is 0 Å². The third-order valence-electron chi connectivity index (χ3n) is 4.14. The molecule has 1 aliphatic carbocycles. The molecule has 1 aromatic carbocycles. The number of pyridine rings is 2. The molecule has 104 valence electrons. The number of aromatic nitrogens is 2. The van der Waals surface area contributed by atoms with E-state index in [0.29, 0.717) is 6.04 Å². The molecule has 3 nitrogen and oxygen atoms in total. The maximum atomic E-state index is 4.58. The smallest absolute Gasteiger partial charge is 0.0703 e. The summed E-state index contributed by atoms with van der Waals surface area (Å²) in [6.45, 7) is 0. The average molecular weight is 275 g/mol. The van der Waals surface area contributed by atoms with Crippen LogP contribution in [0, 0.1) is 0 Å². The molecule has 21 heavy (non-hydrogen) atoms. The third-order valence-corrected chi connectivity index (χ3v) is 4.14. The van der Waals surface area contributed by atoms with Crippen molar-refractivity contribution >= 4 is 16.6 Å². The minimum absolute atomic E-state index is 0.309. The minimum Gasteiger partial charge on any atom is -0.377 e. The number of anilines is 1. The van der Waals surface area contributed by atoms with Crippen LogP contribution in [0.5, 0.6) is 0 Å². The van der Waals surface area contributed by atoms with Crippen LogP contribution in [-0.4, -0.2) is 9.97 Å². The summed E-state index contributed by atoms with van der Waals surface area (Å²) in [6, 6.07) is 14.9. The number of hydrogen-bond acceptors (Lipinski definition) is 3. The molecule has 2 heterocycles. The molecule has 1 atom stereocenters. The fraction of sp³-hybridized carbons (Fsp3) is 0.222. The molecule has 0 aliphatic heterocycles. The zero-order valence-electron chi connectivity index (χ0n) is 11.8. The second-order valence-corrected chi connectivity index (χ2v) is 5.55. The van der Waals surface area contributed by atoms with Crippen molar-refractivity contribution < 1.29 is 0 Å². The van der Waals surface area contributed by atoms with Gasteiger partial charge in [-0.3, -0.25) is 9.97 Å². The first-order chi connectivity index (χ1) is 10.4. The van der Waals surface area contributed by atoms with Gasteiger partial charge < -0.3 is 5.32 Å². The molecule has 3 heteroatoms. The highest BCUT2D eigenvalue weighted by Gasteiger charge is 2.20. The molecular weight excluding hydrogens is 258 g/mol. The Morgan fingerprint density at radius 3 is 2.90 bits per heavy atom. The van der Waals surface area contributed by atoms with Crippen LogP contribution >= 0.6 is 0 Å². The SMILES string of the molecule is c1cnc2c(c1)CCCC2Nc1ccc2ncccc2c1. The van der Waals surface area contributed by atoms with Gasteiger partial charge in [0.25, 0.3) is 0 Å². The molecule has 1 aliphatic rings. The molecule has 0 fully saturated rings. The third kappa shape index (κ3) is 2.35. The zero-order valence-corrected chi connectivity index (χ0v) is 11.8. The number of rotatable bonds is 2. The van der Waals surface area contributed by atoms with Crippen molar-refractivity contribution in [3.05, 3.63) is 66.1 Å². The van der Waals surface area contributed by atoms with Crippen molar-refractivity contribution in [1.29, 1.82) is 0 Å². The molecule has 0 radical (unpaired) electrons. The van der Waals surface area contributed by atoms with Crippen LogP contribution in [0.15, 0.2) is 54.9 Å². The Morgan fingerprint density at radius 2 is 1.90 bits per heavy atom. The zero-order chi connectivity index (χ0) is 14.1. The molecule has 0 bridgehead atoms. The van der Waals surface area contributed by atoms with Gasteiger partial charge >= 0.3 is 0 Å². The second kappa shape index (κ2) is 5.17. The lowest BCUT2D eigenvalue weighted by atomic mass is 9.92. The molecule has 3 aromatic rings. The highest BCUT2D eigenvalue weighted by Crippen LogP contribution is 2.31. The maximum Gasteiger partial charge on any atom is 0.0703 e. The highest BCUT2D eigenvalue weighted by molar-refractivity contribution is 5.82. The Bertz CT molecular complexity index is 782. The van der Waals surface area contributed by atoms with Gasteiger partial charge in [-0.1, -0.05) is 12.1 Å². The van der Waals surface area contributed by atoms with Crippen molar-refractivity contribution in [3.63, 3.8) is 0 Å². The van der Waals surface area contributed by atoms with Gasteiger partial charge in [-0.2, -0.15) is 0 Å². The van der Waals surface area contributed by atoms with Crippen molar-refractivity contribution in [1.82, 2.24) is 9.97 Å². The summed E-state index contributed by atoms with van der Waals surface area (Å²) in [5.74, 6) is 0. The predicted octanol–water partition coefficient (Wildman–Crippen LogP) is 4.12. The van der Waals surface area contributed by atoms with Crippen molar-refractivity contribution in [2.24, 2.45) is 0 Å². The molecule has 0 spiro atoms. The van der Waals surface area contributed by atoms with E-state index in [0.717, 1.165) is 24.0 Å². The molecule has 4 rings (SSSR count). The van der Waals surface area contributed by atoms with Crippen molar-refractivity contribution in [2.45, 2.75) is 25.3 Å². The quantitative estimate of drug-likeness (QED) is 0.764. The van der Waals surface area contributed by atoms with Crippen LogP contribution in [0.1, 0.15) is 30.1 Å². The van der Waals surface area contributed by atoms with E-state index in [-0.39, 0.29) is 0 Å². The van der Waals surface area contributed by atoms with Gasteiger partial charge in [0, 0.05) is 23.5 Å². The fourth-order valence-corrected chi connectivity index (χ4v) is 3.12. The van der Waals surface area contributed by atoms with Gasteiger partial charge in [-0.25, -0.2) is 0 Å². The van der Waals surface area contributed by atoms with Gasteiger partial charge in [0.05, 0.1) is 17.3 Å². The van der Waals surface area contributed by atoms with Gasteiger partial charge in [-0.05, 0) is 55.2 Å². The van der Waals surface area contributed by atoms with E-state index in [4.69, 9.17) is 0 Å². The molecule has 0 saturated heterocycles. The summed E-state index contributed by atoms with van der Waals surface area (Å²) < 4.78 is 0. The largest absolute Gasteiger partial charge is 0.377 e. The first kappa shape index (κ1) is 12.3. The average Bonchev–Trinajstić information content (AvgIpc) is 2.55. The molecule has 2 aromatic heterocycles. The summed E-state index contributed by atoms with van der Waals surface area (Å²) in [7, 11) is 0. The van der Waals surface area contributed by atoms with E-state index in [1.165, 1.54) is 23.1 Å².